The highest BCUT2D eigenvalue weighted by Gasteiger charge is 2.20. The first-order valence-corrected chi connectivity index (χ1v) is 4.97. The van der Waals surface area contributed by atoms with Gasteiger partial charge in [0, 0.05) is 19.8 Å². The molecule has 1 aromatic rings. The first-order chi connectivity index (χ1) is 7.41. The lowest BCUT2D eigenvalue weighted by atomic mass is 10.2. The lowest BCUT2D eigenvalue weighted by molar-refractivity contribution is 0.0691. The number of hydrogen-bond donors (Lipinski definition) is 2. The number of nitrogens with one attached hydrogen (secondary N) is 1. The summed E-state index contributed by atoms with van der Waals surface area (Å²) in [6.07, 6.45) is 1.31. The number of nitrogens with zero attached hydrogens (tertiary/aromatic N) is 2. The van der Waals surface area contributed by atoms with Crippen molar-refractivity contribution in [1.82, 2.24) is 15.1 Å². The first-order valence-electron chi connectivity index (χ1n) is 4.97. The molecule has 0 aliphatic rings. The quantitative estimate of drug-likeness (QED) is 0.781. The minimum Gasteiger partial charge on any atom is -0.478 e. The molecule has 0 radical (unpaired) electrons. The number of rotatable bonds is 4. The highest BCUT2D eigenvalue weighted by molar-refractivity contribution is 6.03. The van der Waals surface area contributed by atoms with Gasteiger partial charge in [-0.2, -0.15) is 5.10 Å². The third kappa shape index (κ3) is 2.82. The van der Waals surface area contributed by atoms with Crippen LogP contribution in [0.5, 0.6) is 0 Å². The van der Waals surface area contributed by atoms with Crippen molar-refractivity contribution in [3.8, 4) is 0 Å². The molecule has 0 aliphatic heterocycles. The summed E-state index contributed by atoms with van der Waals surface area (Å²) in [6, 6.07) is 0. The van der Waals surface area contributed by atoms with Gasteiger partial charge < -0.3 is 10.4 Å². The van der Waals surface area contributed by atoms with Gasteiger partial charge in [0.2, 0.25) is 0 Å². The van der Waals surface area contributed by atoms with Crippen LogP contribution in [-0.2, 0) is 7.05 Å². The van der Waals surface area contributed by atoms with Gasteiger partial charge in [-0.15, -0.1) is 0 Å². The number of carboxylic acids is 1. The fourth-order valence-corrected chi connectivity index (χ4v) is 1.19. The van der Waals surface area contributed by atoms with Gasteiger partial charge in [-0.1, -0.05) is 13.8 Å². The van der Waals surface area contributed by atoms with Gasteiger partial charge in [0.1, 0.15) is 5.56 Å². The van der Waals surface area contributed by atoms with Gasteiger partial charge in [0.25, 0.3) is 5.91 Å². The maximum atomic E-state index is 11.6. The Morgan fingerprint density at radius 3 is 2.69 bits per heavy atom. The van der Waals surface area contributed by atoms with E-state index in [1.165, 1.54) is 10.9 Å². The molecule has 0 aromatic carbocycles. The molecular formula is C10H15N3O3. The molecule has 1 aromatic heterocycles. The lowest BCUT2D eigenvalue weighted by Crippen LogP contribution is -2.29. The van der Waals surface area contributed by atoms with E-state index >= 15 is 0 Å². The topological polar surface area (TPSA) is 84.2 Å². The molecular weight excluding hydrogens is 210 g/mol. The van der Waals surface area contributed by atoms with E-state index in [0.717, 1.165) is 0 Å². The smallest absolute Gasteiger partial charge is 0.339 e. The van der Waals surface area contributed by atoms with Gasteiger partial charge >= 0.3 is 5.97 Å². The molecule has 1 heterocycles. The van der Waals surface area contributed by atoms with Crippen LogP contribution in [0.25, 0.3) is 0 Å². The van der Waals surface area contributed by atoms with Gasteiger partial charge in [-0.3, -0.25) is 9.48 Å². The minimum atomic E-state index is -1.15. The number of aromatic carboxylic acids is 1. The number of aryl methyl sites for hydroxylation is 1. The summed E-state index contributed by atoms with van der Waals surface area (Å²) < 4.78 is 1.31. The summed E-state index contributed by atoms with van der Waals surface area (Å²) in [6.45, 7) is 4.40. The molecule has 0 fully saturated rings. The number of aromatic nitrogens is 2. The maximum Gasteiger partial charge on any atom is 0.339 e. The summed E-state index contributed by atoms with van der Waals surface area (Å²) >= 11 is 0. The fraction of sp³-hybridized carbons (Fsp3) is 0.500. The van der Waals surface area contributed by atoms with E-state index in [2.05, 4.69) is 10.4 Å². The van der Waals surface area contributed by atoms with Crippen molar-refractivity contribution in [2.24, 2.45) is 13.0 Å². The van der Waals surface area contributed by atoms with Crippen LogP contribution in [-0.4, -0.2) is 33.3 Å². The Bertz CT molecular complexity index is 409. The summed E-state index contributed by atoms with van der Waals surface area (Å²) in [5.41, 5.74) is -0.126. The second-order valence-corrected chi connectivity index (χ2v) is 3.97. The van der Waals surface area contributed by atoms with Crippen LogP contribution in [0.1, 0.15) is 34.7 Å². The average Bonchev–Trinajstić information content (AvgIpc) is 2.56. The third-order valence-electron chi connectivity index (χ3n) is 1.95. The molecule has 0 bridgehead atoms. The lowest BCUT2D eigenvalue weighted by Gasteiger charge is -2.05. The van der Waals surface area contributed by atoms with Crippen molar-refractivity contribution >= 4 is 11.9 Å². The van der Waals surface area contributed by atoms with Crippen molar-refractivity contribution in [3.63, 3.8) is 0 Å². The second kappa shape index (κ2) is 4.78. The zero-order valence-corrected chi connectivity index (χ0v) is 9.52. The molecule has 6 nitrogen and oxygen atoms in total. The Kier molecular flexibility index (Phi) is 3.65. The molecule has 6 heteroatoms. The summed E-state index contributed by atoms with van der Waals surface area (Å²) in [7, 11) is 1.58. The minimum absolute atomic E-state index is 0.0457. The van der Waals surface area contributed by atoms with Gasteiger partial charge in [0.15, 0.2) is 5.69 Å². The molecule has 0 spiro atoms. The molecule has 0 saturated carbocycles. The average molecular weight is 225 g/mol. The SMILES string of the molecule is CC(C)CNC(=O)c1nn(C)cc1C(=O)O. The van der Waals surface area contributed by atoms with E-state index in [4.69, 9.17) is 5.11 Å². The molecule has 0 saturated heterocycles. The number of amides is 1. The monoisotopic (exact) mass is 225 g/mol. The van der Waals surface area contributed by atoms with E-state index in [0.29, 0.717) is 12.5 Å². The molecule has 88 valence electrons. The molecule has 1 rings (SSSR count). The summed E-state index contributed by atoms with van der Waals surface area (Å²) in [5, 5.41) is 15.3. The van der Waals surface area contributed by atoms with E-state index < -0.39 is 11.9 Å². The van der Waals surface area contributed by atoms with Crippen LogP contribution in [0.15, 0.2) is 6.20 Å². The maximum absolute atomic E-state index is 11.6. The molecule has 1 amide bonds. The predicted octanol–water partition coefficient (Wildman–Crippen LogP) is 0.504. The predicted molar refractivity (Wildman–Crippen MR) is 57.3 cm³/mol. The largest absolute Gasteiger partial charge is 0.478 e. The van der Waals surface area contributed by atoms with Crippen LogP contribution in [0, 0.1) is 5.92 Å². The highest BCUT2D eigenvalue weighted by Crippen LogP contribution is 2.06. The van der Waals surface area contributed by atoms with E-state index in [1.54, 1.807) is 7.05 Å². The Labute approximate surface area is 93.3 Å². The fourth-order valence-electron chi connectivity index (χ4n) is 1.19. The van der Waals surface area contributed by atoms with Crippen molar-refractivity contribution in [1.29, 1.82) is 0 Å². The van der Waals surface area contributed by atoms with E-state index in [1.807, 2.05) is 13.8 Å². The molecule has 16 heavy (non-hydrogen) atoms. The van der Waals surface area contributed by atoms with Crippen molar-refractivity contribution in [2.75, 3.05) is 6.54 Å². The third-order valence-corrected chi connectivity index (χ3v) is 1.95. The van der Waals surface area contributed by atoms with Crippen LogP contribution in [0.2, 0.25) is 0 Å². The number of carbonyl (C=O) groups excluding carboxylic acids is 1. The molecule has 0 atom stereocenters. The Balaban J connectivity index is 2.86. The Morgan fingerprint density at radius 2 is 2.19 bits per heavy atom. The van der Waals surface area contributed by atoms with Crippen molar-refractivity contribution in [3.05, 3.63) is 17.5 Å². The van der Waals surface area contributed by atoms with E-state index in [-0.39, 0.29) is 11.3 Å². The molecule has 0 unspecified atom stereocenters. The number of hydrogen-bond acceptors (Lipinski definition) is 3. The van der Waals surface area contributed by atoms with Gasteiger partial charge in [-0.25, -0.2) is 4.79 Å². The number of carbonyl (C=O) groups is 2. The zero-order chi connectivity index (χ0) is 12.3. The van der Waals surface area contributed by atoms with Crippen LogP contribution < -0.4 is 5.32 Å². The molecule has 0 aliphatic carbocycles. The van der Waals surface area contributed by atoms with Crippen LogP contribution >= 0.6 is 0 Å². The summed E-state index contributed by atoms with van der Waals surface area (Å²) in [4.78, 5) is 22.5. The standard InChI is InChI=1S/C10H15N3O3/c1-6(2)4-11-9(14)8-7(10(15)16)5-13(3)12-8/h5-6H,4H2,1-3H3,(H,11,14)(H,15,16). The van der Waals surface area contributed by atoms with Gasteiger partial charge in [-0.05, 0) is 5.92 Å². The second-order valence-electron chi connectivity index (χ2n) is 3.97. The van der Waals surface area contributed by atoms with Crippen LogP contribution in [0.4, 0.5) is 0 Å². The normalized spacial score (nSPS) is 10.5. The molecule has 2 N–H and O–H groups in total. The van der Waals surface area contributed by atoms with E-state index in [9.17, 15) is 9.59 Å². The van der Waals surface area contributed by atoms with Gasteiger partial charge in [0.05, 0.1) is 0 Å². The summed E-state index contributed by atoms with van der Waals surface area (Å²) in [5.74, 6) is -1.30. The Hall–Kier alpha value is -1.85. The van der Waals surface area contributed by atoms with Crippen molar-refractivity contribution in [2.45, 2.75) is 13.8 Å². The first kappa shape index (κ1) is 12.2. The van der Waals surface area contributed by atoms with Crippen molar-refractivity contribution < 1.29 is 14.7 Å². The van der Waals surface area contributed by atoms with Crippen LogP contribution in [0.3, 0.4) is 0 Å². The highest BCUT2D eigenvalue weighted by atomic mass is 16.4. The zero-order valence-electron chi connectivity index (χ0n) is 9.52. The number of carboxylic acid groups (broad SMARTS) is 1. The Morgan fingerprint density at radius 1 is 1.56 bits per heavy atom.